The van der Waals surface area contributed by atoms with E-state index >= 15 is 0 Å². The van der Waals surface area contributed by atoms with E-state index in [1.54, 1.807) is 0 Å². The zero-order valence-corrected chi connectivity index (χ0v) is 12.1. The van der Waals surface area contributed by atoms with Crippen molar-refractivity contribution in [2.24, 2.45) is 5.92 Å². The maximum atomic E-state index is 2.39. The lowest BCUT2D eigenvalue weighted by molar-refractivity contribution is 0.463. The zero-order valence-electron chi connectivity index (χ0n) is 11.3. The highest BCUT2D eigenvalue weighted by Gasteiger charge is 2.28. The van der Waals surface area contributed by atoms with Gasteiger partial charge in [0.05, 0.1) is 0 Å². The van der Waals surface area contributed by atoms with Gasteiger partial charge in [0, 0.05) is 10.5 Å². The van der Waals surface area contributed by atoms with Crippen LogP contribution in [0.2, 0.25) is 0 Å². The van der Waals surface area contributed by atoms with Gasteiger partial charge >= 0.3 is 0 Å². The Morgan fingerprint density at radius 1 is 0.737 bits per heavy atom. The van der Waals surface area contributed by atoms with Crippen LogP contribution < -0.4 is 0 Å². The van der Waals surface area contributed by atoms with Crippen molar-refractivity contribution in [3.05, 3.63) is 71.8 Å². The molecule has 1 heterocycles. The van der Waals surface area contributed by atoms with E-state index in [4.69, 9.17) is 0 Å². The van der Waals surface area contributed by atoms with Crippen LogP contribution >= 0.6 is 11.8 Å². The fourth-order valence-corrected chi connectivity index (χ4v) is 4.81. The van der Waals surface area contributed by atoms with E-state index in [-0.39, 0.29) is 0 Å². The number of hydrogen-bond acceptors (Lipinski definition) is 1. The number of thioether (sulfide) groups is 1. The van der Waals surface area contributed by atoms with Crippen LogP contribution in [-0.2, 0) is 0 Å². The molecular formula is C18H20S. The van der Waals surface area contributed by atoms with Gasteiger partial charge in [0.25, 0.3) is 0 Å². The monoisotopic (exact) mass is 268 g/mol. The molecule has 3 rings (SSSR count). The first-order valence-electron chi connectivity index (χ1n) is 7.08. The van der Waals surface area contributed by atoms with Crippen LogP contribution in [0.25, 0.3) is 0 Å². The van der Waals surface area contributed by atoms with Crippen molar-refractivity contribution in [1.82, 2.24) is 0 Å². The van der Waals surface area contributed by atoms with Crippen LogP contribution in [0, 0.1) is 5.92 Å². The largest absolute Gasteiger partial charge is 0.146 e. The first kappa shape index (κ1) is 12.8. The molecule has 0 spiro atoms. The van der Waals surface area contributed by atoms with E-state index in [0.717, 1.165) is 5.92 Å². The smallest absolute Gasteiger partial charge is 0.0305 e. The van der Waals surface area contributed by atoms with E-state index in [2.05, 4.69) is 79.3 Å². The van der Waals surface area contributed by atoms with Gasteiger partial charge in [-0.25, -0.2) is 0 Å². The van der Waals surface area contributed by atoms with Crippen LogP contribution in [0.3, 0.4) is 0 Å². The molecule has 2 unspecified atom stereocenters. The minimum Gasteiger partial charge on any atom is -0.146 e. The fourth-order valence-electron chi connectivity index (χ4n) is 2.90. The first-order valence-corrected chi connectivity index (χ1v) is 8.02. The molecule has 0 nitrogen and oxygen atoms in total. The van der Waals surface area contributed by atoms with Crippen molar-refractivity contribution < 1.29 is 0 Å². The Balaban J connectivity index is 1.82. The summed E-state index contributed by atoms with van der Waals surface area (Å²) in [5.74, 6) is 0.802. The second kappa shape index (κ2) is 5.83. The summed E-state index contributed by atoms with van der Waals surface area (Å²) < 4.78 is 0. The van der Waals surface area contributed by atoms with E-state index in [1.807, 2.05) is 0 Å². The Bertz CT molecular complexity index is 458. The molecule has 0 bridgehead atoms. The third kappa shape index (κ3) is 3.03. The highest BCUT2D eigenvalue weighted by molar-refractivity contribution is 7.99. The Hall–Kier alpha value is -1.21. The number of rotatable bonds is 2. The molecule has 1 heteroatoms. The predicted molar refractivity (Wildman–Crippen MR) is 84.4 cm³/mol. The van der Waals surface area contributed by atoms with Crippen LogP contribution in [0.5, 0.6) is 0 Å². The molecule has 0 saturated carbocycles. The summed E-state index contributed by atoms with van der Waals surface area (Å²) in [6, 6.07) is 22.0. The van der Waals surface area contributed by atoms with E-state index in [9.17, 15) is 0 Å². The van der Waals surface area contributed by atoms with Crippen molar-refractivity contribution in [2.45, 2.75) is 30.3 Å². The standard InChI is InChI=1S/C18H20S/c1-14-12-17(15-8-4-2-5-9-15)19-18(13-14)16-10-6-3-7-11-16/h2-11,14,17-18H,12-13H2,1H3. The number of hydrogen-bond donors (Lipinski definition) is 0. The summed E-state index contributed by atoms with van der Waals surface area (Å²) >= 11 is 2.14. The minimum atomic E-state index is 0.648. The van der Waals surface area contributed by atoms with Crippen LogP contribution in [0.1, 0.15) is 41.4 Å². The molecule has 1 aliphatic heterocycles. The van der Waals surface area contributed by atoms with Crippen molar-refractivity contribution in [3.63, 3.8) is 0 Å². The summed E-state index contributed by atoms with van der Waals surface area (Å²) in [6.45, 7) is 2.39. The third-order valence-electron chi connectivity index (χ3n) is 3.90. The lowest BCUT2D eigenvalue weighted by Crippen LogP contribution is -2.14. The van der Waals surface area contributed by atoms with Crippen molar-refractivity contribution in [2.75, 3.05) is 0 Å². The van der Waals surface area contributed by atoms with Gasteiger partial charge in [0.15, 0.2) is 0 Å². The molecule has 98 valence electrons. The van der Waals surface area contributed by atoms with E-state index in [0.29, 0.717) is 10.5 Å². The van der Waals surface area contributed by atoms with E-state index < -0.39 is 0 Å². The lowest BCUT2D eigenvalue weighted by atomic mass is 9.93. The Labute approximate surface area is 120 Å². The van der Waals surface area contributed by atoms with Gasteiger partial charge in [-0.2, -0.15) is 0 Å². The minimum absolute atomic E-state index is 0.648. The van der Waals surface area contributed by atoms with Gasteiger partial charge < -0.3 is 0 Å². The highest BCUT2D eigenvalue weighted by Crippen LogP contribution is 2.51. The molecule has 0 N–H and O–H groups in total. The quantitative estimate of drug-likeness (QED) is 0.680. The average molecular weight is 268 g/mol. The van der Waals surface area contributed by atoms with Gasteiger partial charge in [-0.05, 0) is 29.9 Å². The van der Waals surface area contributed by atoms with Gasteiger partial charge in [-0.1, -0.05) is 67.6 Å². The molecule has 0 aromatic heterocycles. The summed E-state index contributed by atoms with van der Waals surface area (Å²) in [5, 5.41) is 1.30. The maximum absolute atomic E-state index is 2.39. The van der Waals surface area contributed by atoms with Crippen molar-refractivity contribution in [3.8, 4) is 0 Å². The Morgan fingerprint density at radius 2 is 1.16 bits per heavy atom. The van der Waals surface area contributed by atoms with Crippen molar-refractivity contribution in [1.29, 1.82) is 0 Å². The first-order chi connectivity index (χ1) is 9.33. The predicted octanol–water partition coefficient (Wildman–Crippen LogP) is 5.63. The molecule has 1 saturated heterocycles. The fraction of sp³-hybridized carbons (Fsp3) is 0.333. The molecule has 2 aromatic carbocycles. The molecule has 0 aliphatic carbocycles. The lowest BCUT2D eigenvalue weighted by Gasteiger charge is -2.33. The van der Waals surface area contributed by atoms with Crippen LogP contribution in [-0.4, -0.2) is 0 Å². The molecule has 0 amide bonds. The Kier molecular flexibility index (Phi) is 3.93. The van der Waals surface area contributed by atoms with Gasteiger partial charge in [-0.3, -0.25) is 0 Å². The van der Waals surface area contributed by atoms with Gasteiger partial charge in [0.2, 0.25) is 0 Å². The van der Waals surface area contributed by atoms with Crippen molar-refractivity contribution >= 4 is 11.8 Å². The third-order valence-corrected chi connectivity index (χ3v) is 5.49. The summed E-state index contributed by atoms with van der Waals surface area (Å²) in [4.78, 5) is 0. The summed E-state index contributed by atoms with van der Waals surface area (Å²) in [5.41, 5.74) is 2.97. The molecule has 1 fully saturated rings. The van der Waals surface area contributed by atoms with Gasteiger partial charge in [-0.15, -0.1) is 11.8 Å². The second-order valence-electron chi connectivity index (χ2n) is 5.51. The molecule has 2 atom stereocenters. The average Bonchev–Trinajstić information content (AvgIpc) is 2.48. The molecule has 0 radical (unpaired) electrons. The van der Waals surface area contributed by atoms with Crippen LogP contribution in [0.4, 0.5) is 0 Å². The summed E-state index contributed by atoms with van der Waals surface area (Å²) in [6.07, 6.45) is 2.61. The van der Waals surface area contributed by atoms with Crippen LogP contribution in [0.15, 0.2) is 60.7 Å². The maximum Gasteiger partial charge on any atom is 0.0305 e. The summed E-state index contributed by atoms with van der Waals surface area (Å²) in [7, 11) is 0. The number of benzene rings is 2. The molecule has 19 heavy (non-hydrogen) atoms. The SMILES string of the molecule is CC1CC(c2ccccc2)SC(c2ccccc2)C1. The van der Waals surface area contributed by atoms with Gasteiger partial charge in [0.1, 0.15) is 0 Å². The highest BCUT2D eigenvalue weighted by atomic mass is 32.2. The Morgan fingerprint density at radius 3 is 1.58 bits per heavy atom. The zero-order chi connectivity index (χ0) is 13.1. The molecular weight excluding hydrogens is 248 g/mol. The van der Waals surface area contributed by atoms with E-state index in [1.165, 1.54) is 24.0 Å². The molecule has 1 aliphatic rings. The normalized spacial score (nSPS) is 27.1. The second-order valence-corrected chi connectivity index (χ2v) is 6.92. The molecule has 2 aromatic rings. The topological polar surface area (TPSA) is 0 Å².